The molecule has 2 amide bonds. The molecule has 0 aliphatic carbocycles. The standard InChI is InChI=1S/C18H22F4N4O3/c1-15(2)13(28)26(5)14(23)25-16(15,3)10-8-9(6-7-11(10)19)24-12(27)17(4,29)18(20,21)22/h6-8,29H,1-5H3,(H2,23,25)(H,24,27)/t16-,17?/m1/s1. The van der Waals surface area contributed by atoms with Crippen LogP contribution in [0, 0.1) is 11.2 Å². The third-order valence-electron chi connectivity index (χ3n) is 5.48. The van der Waals surface area contributed by atoms with Crippen LogP contribution in [0.15, 0.2) is 23.2 Å². The van der Waals surface area contributed by atoms with E-state index < -0.39 is 40.4 Å². The fourth-order valence-electron chi connectivity index (χ4n) is 2.93. The molecule has 0 bridgehead atoms. The Morgan fingerprint density at radius 1 is 1.28 bits per heavy atom. The Labute approximate surface area is 164 Å². The molecule has 0 saturated heterocycles. The van der Waals surface area contributed by atoms with Crippen molar-refractivity contribution in [1.82, 2.24) is 4.90 Å². The van der Waals surface area contributed by atoms with E-state index in [1.165, 1.54) is 27.8 Å². The predicted molar refractivity (Wildman–Crippen MR) is 97.2 cm³/mol. The smallest absolute Gasteiger partial charge is 0.373 e. The number of carbonyl (C=O) groups is 2. The van der Waals surface area contributed by atoms with Gasteiger partial charge in [0.05, 0.1) is 5.41 Å². The summed E-state index contributed by atoms with van der Waals surface area (Å²) in [6, 6.07) is 3.02. The van der Waals surface area contributed by atoms with Crippen LogP contribution in [0.4, 0.5) is 23.2 Å². The van der Waals surface area contributed by atoms with Gasteiger partial charge in [-0.05, 0) is 45.9 Å². The van der Waals surface area contributed by atoms with Gasteiger partial charge in [-0.3, -0.25) is 14.5 Å². The Hall–Kier alpha value is -2.69. The second kappa shape index (κ2) is 6.68. The molecule has 1 aliphatic heterocycles. The number of nitrogens with one attached hydrogen (secondary N) is 1. The Morgan fingerprint density at radius 3 is 2.34 bits per heavy atom. The summed E-state index contributed by atoms with van der Waals surface area (Å²) >= 11 is 0. The minimum Gasteiger partial charge on any atom is -0.373 e. The van der Waals surface area contributed by atoms with Crippen molar-refractivity contribution in [3.8, 4) is 0 Å². The van der Waals surface area contributed by atoms with E-state index in [2.05, 4.69) is 4.99 Å². The van der Waals surface area contributed by atoms with Crippen LogP contribution in [0.3, 0.4) is 0 Å². The number of nitrogens with two attached hydrogens (primary N) is 1. The van der Waals surface area contributed by atoms with Gasteiger partial charge in [0.15, 0.2) is 5.96 Å². The summed E-state index contributed by atoms with van der Waals surface area (Å²) < 4.78 is 53.3. The number of aliphatic hydroxyl groups is 1. The van der Waals surface area contributed by atoms with Gasteiger partial charge < -0.3 is 16.2 Å². The van der Waals surface area contributed by atoms with Crippen LogP contribution in [0.1, 0.15) is 33.3 Å². The first-order valence-electron chi connectivity index (χ1n) is 8.51. The number of hydrogen-bond donors (Lipinski definition) is 3. The Bertz CT molecular complexity index is 896. The van der Waals surface area contributed by atoms with Gasteiger partial charge in [-0.1, -0.05) is 0 Å². The van der Waals surface area contributed by atoms with E-state index in [0.29, 0.717) is 6.92 Å². The SMILES string of the molecule is CN1C(=O)C(C)(C)[C@@](C)(c2cc(NC(=O)C(C)(O)C(F)(F)F)ccc2F)N=C1N. The zero-order valence-corrected chi connectivity index (χ0v) is 16.5. The van der Waals surface area contributed by atoms with Gasteiger partial charge in [0.1, 0.15) is 11.4 Å². The molecule has 11 heteroatoms. The summed E-state index contributed by atoms with van der Waals surface area (Å²) in [6.07, 6.45) is -5.22. The zero-order chi connectivity index (χ0) is 22.6. The highest BCUT2D eigenvalue weighted by molar-refractivity contribution is 6.02. The van der Waals surface area contributed by atoms with Crippen molar-refractivity contribution >= 4 is 23.5 Å². The number of guanidine groups is 1. The molecule has 160 valence electrons. The number of benzene rings is 1. The van der Waals surface area contributed by atoms with Crippen molar-refractivity contribution in [3.05, 3.63) is 29.6 Å². The van der Waals surface area contributed by atoms with Crippen LogP contribution < -0.4 is 11.1 Å². The Kier molecular flexibility index (Phi) is 5.21. The normalized spacial score (nSPS) is 24.0. The molecule has 1 aromatic carbocycles. The fraction of sp³-hybridized carbons (Fsp3) is 0.500. The van der Waals surface area contributed by atoms with Gasteiger partial charge in [-0.15, -0.1) is 0 Å². The van der Waals surface area contributed by atoms with Crippen LogP contribution in [-0.4, -0.2) is 46.6 Å². The van der Waals surface area contributed by atoms with Crippen molar-refractivity contribution in [2.45, 2.75) is 45.0 Å². The number of alkyl halides is 3. The van der Waals surface area contributed by atoms with Crippen LogP contribution in [0.25, 0.3) is 0 Å². The molecule has 2 atom stereocenters. The second-order valence-corrected chi connectivity index (χ2v) is 7.75. The van der Waals surface area contributed by atoms with E-state index in [0.717, 1.165) is 23.1 Å². The average Bonchev–Trinajstić information content (AvgIpc) is 2.59. The summed E-state index contributed by atoms with van der Waals surface area (Å²) in [5, 5.41) is 11.4. The van der Waals surface area contributed by atoms with Crippen molar-refractivity contribution < 1.29 is 32.3 Å². The van der Waals surface area contributed by atoms with Crippen LogP contribution in [0.2, 0.25) is 0 Å². The summed E-state index contributed by atoms with van der Waals surface area (Å²) in [5.74, 6) is -3.14. The maximum atomic E-state index is 14.7. The highest BCUT2D eigenvalue weighted by Crippen LogP contribution is 2.47. The summed E-state index contributed by atoms with van der Waals surface area (Å²) in [7, 11) is 1.41. The number of nitrogens with zero attached hydrogens (tertiary/aromatic N) is 2. The number of anilines is 1. The molecule has 0 aromatic heterocycles. The first-order chi connectivity index (χ1) is 13.0. The zero-order valence-electron chi connectivity index (χ0n) is 16.5. The molecule has 1 heterocycles. The number of carbonyl (C=O) groups excluding carboxylic acids is 2. The lowest BCUT2D eigenvalue weighted by atomic mass is 9.67. The number of rotatable bonds is 3. The lowest BCUT2D eigenvalue weighted by Gasteiger charge is -2.46. The molecule has 1 aromatic rings. The number of amides is 2. The Balaban J connectivity index is 2.54. The van der Waals surface area contributed by atoms with Crippen molar-refractivity contribution in [3.63, 3.8) is 0 Å². The molecule has 0 radical (unpaired) electrons. The lowest BCUT2D eigenvalue weighted by Crippen LogP contribution is -2.58. The molecular formula is C18H22F4N4O3. The summed E-state index contributed by atoms with van der Waals surface area (Å²) in [4.78, 5) is 30.0. The minimum absolute atomic E-state index is 0.156. The van der Waals surface area contributed by atoms with E-state index in [1.807, 2.05) is 5.32 Å². The predicted octanol–water partition coefficient (Wildman–Crippen LogP) is 2.11. The van der Waals surface area contributed by atoms with Gasteiger partial charge >= 0.3 is 6.18 Å². The van der Waals surface area contributed by atoms with E-state index in [9.17, 15) is 32.3 Å². The molecule has 0 spiro atoms. The van der Waals surface area contributed by atoms with Gasteiger partial charge in [0.25, 0.3) is 5.91 Å². The maximum absolute atomic E-state index is 14.7. The fourth-order valence-corrected chi connectivity index (χ4v) is 2.93. The highest BCUT2D eigenvalue weighted by Gasteiger charge is 2.56. The minimum atomic E-state index is -5.22. The molecule has 4 N–H and O–H groups in total. The molecule has 1 aliphatic rings. The number of halogens is 4. The molecule has 0 fully saturated rings. The first-order valence-corrected chi connectivity index (χ1v) is 8.51. The van der Waals surface area contributed by atoms with Crippen molar-refractivity contribution in [1.29, 1.82) is 0 Å². The van der Waals surface area contributed by atoms with E-state index in [4.69, 9.17) is 5.73 Å². The molecule has 2 rings (SSSR count). The quantitative estimate of drug-likeness (QED) is 0.654. The molecule has 29 heavy (non-hydrogen) atoms. The van der Waals surface area contributed by atoms with Crippen LogP contribution in [-0.2, 0) is 15.1 Å². The third-order valence-corrected chi connectivity index (χ3v) is 5.48. The van der Waals surface area contributed by atoms with E-state index in [-0.39, 0.29) is 17.2 Å². The van der Waals surface area contributed by atoms with Gasteiger partial charge in [-0.2, -0.15) is 13.2 Å². The maximum Gasteiger partial charge on any atom is 0.426 e. The Morgan fingerprint density at radius 2 is 1.83 bits per heavy atom. The van der Waals surface area contributed by atoms with E-state index in [1.54, 1.807) is 0 Å². The van der Waals surface area contributed by atoms with Gasteiger partial charge in [0.2, 0.25) is 11.5 Å². The molecule has 7 nitrogen and oxygen atoms in total. The number of aliphatic imine (C=N–C) groups is 1. The summed E-state index contributed by atoms with van der Waals surface area (Å²) in [6.45, 7) is 4.82. The number of hydrogen-bond acceptors (Lipinski definition) is 5. The monoisotopic (exact) mass is 418 g/mol. The van der Waals surface area contributed by atoms with Crippen LogP contribution in [0.5, 0.6) is 0 Å². The average molecular weight is 418 g/mol. The summed E-state index contributed by atoms with van der Waals surface area (Å²) in [5.41, 5.74) is -1.03. The topological polar surface area (TPSA) is 108 Å². The molecule has 0 saturated carbocycles. The molecular weight excluding hydrogens is 396 g/mol. The molecule has 1 unspecified atom stereocenters. The lowest BCUT2D eigenvalue weighted by molar-refractivity contribution is -0.242. The highest BCUT2D eigenvalue weighted by atomic mass is 19.4. The van der Waals surface area contributed by atoms with Gasteiger partial charge in [-0.25, -0.2) is 9.38 Å². The van der Waals surface area contributed by atoms with Crippen molar-refractivity contribution in [2.75, 3.05) is 12.4 Å². The van der Waals surface area contributed by atoms with Crippen LogP contribution >= 0.6 is 0 Å². The van der Waals surface area contributed by atoms with Crippen molar-refractivity contribution in [2.24, 2.45) is 16.1 Å². The second-order valence-electron chi connectivity index (χ2n) is 7.75. The largest absolute Gasteiger partial charge is 0.426 e. The third kappa shape index (κ3) is 3.43. The van der Waals surface area contributed by atoms with Gasteiger partial charge in [0, 0.05) is 18.3 Å². The first kappa shape index (κ1) is 22.6. The van der Waals surface area contributed by atoms with E-state index >= 15 is 0 Å².